The van der Waals surface area contributed by atoms with Crippen molar-refractivity contribution in [2.75, 3.05) is 16.4 Å². The zero-order valence-electron chi connectivity index (χ0n) is 19.3. The van der Waals surface area contributed by atoms with Crippen LogP contribution in [0.4, 0.5) is 11.4 Å². The Hall–Kier alpha value is -4.22. The molecule has 8 heteroatoms. The van der Waals surface area contributed by atoms with E-state index < -0.39 is 5.92 Å². The predicted octanol–water partition coefficient (Wildman–Crippen LogP) is 5.29. The average molecular weight is 485 g/mol. The SMILES string of the molecule is CC1=C(C(=O)Nc2ccccc2C)C(c2ccco2)C(C#N)=C(SCC(=O)Nc2ccccc2)N1. The van der Waals surface area contributed by atoms with Crippen LogP contribution in [0.1, 0.15) is 24.2 Å². The Labute approximate surface area is 207 Å². The standard InChI is InChI=1S/C27H24N4O3S/c1-17-9-6-7-12-21(17)31-26(33)24-18(2)29-27(20(15-28)25(24)22-13-8-14-34-22)35-16-23(32)30-19-10-4-3-5-11-19/h3-14,25,29H,16H2,1-2H3,(H,30,32)(H,31,33). The monoisotopic (exact) mass is 484 g/mol. The van der Waals surface area contributed by atoms with E-state index in [1.54, 1.807) is 31.2 Å². The first-order valence-electron chi connectivity index (χ1n) is 11.0. The van der Waals surface area contributed by atoms with Gasteiger partial charge in [-0.15, -0.1) is 0 Å². The molecule has 2 amide bonds. The van der Waals surface area contributed by atoms with Crippen LogP contribution in [0, 0.1) is 18.3 Å². The molecule has 35 heavy (non-hydrogen) atoms. The van der Waals surface area contributed by atoms with Crippen LogP contribution in [0.15, 0.2) is 99.3 Å². The van der Waals surface area contributed by atoms with Crippen molar-refractivity contribution in [3.63, 3.8) is 0 Å². The smallest absolute Gasteiger partial charge is 0.254 e. The zero-order chi connectivity index (χ0) is 24.8. The molecule has 2 aromatic carbocycles. The van der Waals surface area contributed by atoms with Gasteiger partial charge in [0.1, 0.15) is 5.76 Å². The molecule has 1 aromatic heterocycles. The maximum atomic E-state index is 13.4. The van der Waals surface area contributed by atoms with Gasteiger partial charge in [-0.05, 0) is 49.7 Å². The second-order valence-electron chi connectivity index (χ2n) is 7.94. The fraction of sp³-hybridized carbons (Fsp3) is 0.148. The fourth-order valence-corrected chi connectivity index (χ4v) is 4.72. The molecule has 0 aliphatic carbocycles. The van der Waals surface area contributed by atoms with Gasteiger partial charge in [0.15, 0.2) is 0 Å². The Kier molecular flexibility index (Phi) is 7.38. The van der Waals surface area contributed by atoms with Crippen LogP contribution in [-0.4, -0.2) is 17.6 Å². The quantitative estimate of drug-likeness (QED) is 0.420. The van der Waals surface area contributed by atoms with Gasteiger partial charge >= 0.3 is 0 Å². The third kappa shape index (κ3) is 5.48. The maximum Gasteiger partial charge on any atom is 0.254 e. The number of rotatable bonds is 7. The molecular weight excluding hydrogens is 460 g/mol. The van der Waals surface area contributed by atoms with Crippen molar-refractivity contribution in [2.45, 2.75) is 19.8 Å². The van der Waals surface area contributed by atoms with Crippen molar-refractivity contribution in [2.24, 2.45) is 0 Å². The Morgan fingerprint density at radius 1 is 1.03 bits per heavy atom. The topological polar surface area (TPSA) is 107 Å². The van der Waals surface area contributed by atoms with Gasteiger partial charge in [0, 0.05) is 17.1 Å². The molecule has 0 radical (unpaired) electrons. The molecule has 0 fully saturated rings. The Morgan fingerprint density at radius 2 is 1.77 bits per heavy atom. The van der Waals surface area contributed by atoms with E-state index in [-0.39, 0.29) is 17.6 Å². The predicted molar refractivity (Wildman–Crippen MR) is 137 cm³/mol. The summed E-state index contributed by atoms with van der Waals surface area (Å²) in [6.07, 6.45) is 1.51. The van der Waals surface area contributed by atoms with E-state index in [4.69, 9.17) is 4.42 Å². The van der Waals surface area contributed by atoms with Crippen LogP contribution in [0.3, 0.4) is 0 Å². The van der Waals surface area contributed by atoms with Crippen LogP contribution < -0.4 is 16.0 Å². The number of hydrogen-bond donors (Lipinski definition) is 3. The van der Waals surface area contributed by atoms with Gasteiger partial charge in [0.2, 0.25) is 5.91 Å². The minimum absolute atomic E-state index is 0.0886. The molecule has 3 N–H and O–H groups in total. The normalized spacial score (nSPS) is 15.3. The number of nitrogens with zero attached hydrogens (tertiary/aromatic N) is 1. The molecule has 0 saturated heterocycles. The summed E-state index contributed by atoms with van der Waals surface area (Å²) in [4.78, 5) is 25.9. The minimum Gasteiger partial charge on any atom is -0.468 e. The number of anilines is 2. The molecule has 7 nitrogen and oxygen atoms in total. The summed E-state index contributed by atoms with van der Waals surface area (Å²) in [6, 6.07) is 22.4. The third-order valence-electron chi connectivity index (χ3n) is 5.52. The van der Waals surface area contributed by atoms with Crippen molar-refractivity contribution in [3.05, 3.63) is 106 Å². The molecule has 2 heterocycles. The lowest BCUT2D eigenvalue weighted by Gasteiger charge is -2.28. The Balaban J connectivity index is 1.60. The number of dihydropyridines is 1. The van der Waals surface area contributed by atoms with E-state index >= 15 is 0 Å². The van der Waals surface area contributed by atoms with Gasteiger partial charge in [0.05, 0.1) is 40.2 Å². The van der Waals surface area contributed by atoms with Crippen LogP contribution in [0.2, 0.25) is 0 Å². The molecule has 1 aliphatic heterocycles. The first-order valence-corrected chi connectivity index (χ1v) is 12.0. The number of para-hydroxylation sites is 2. The van der Waals surface area contributed by atoms with Crippen molar-refractivity contribution < 1.29 is 14.0 Å². The molecule has 0 spiro atoms. The van der Waals surface area contributed by atoms with E-state index in [2.05, 4.69) is 22.0 Å². The van der Waals surface area contributed by atoms with Crippen LogP contribution >= 0.6 is 11.8 Å². The van der Waals surface area contributed by atoms with Gasteiger partial charge in [-0.3, -0.25) is 9.59 Å². The minimum atomic E-state index is -0.708. The number of furan rings is 1. The largest absolute Gasteiger partial charge is 0.468 e. The van der Waals surface area contributed by atoms with E-state index in [1.165, 1.54) is 18.0 Å². The molecule has 1 unspecified atom stereocenters. The number of carbonyl (C=O) groups excluding carboxylic acids is 2. The van der Waals surface area contributed by atoms with Crippen molar-refractivity contribution in [1.29, 1.82) is 5.26 Å². The number of carbonyl (C=O) groups is 2. The summed E-state index contributed by atoms with van der Waals surface area (Å²) in [6.45, 7) is 3.69. The van der Waals surface area contributed by atoms with Gasteiger partial charge in [-0.25, -0.2) is 0 Å². The second-order valence-corrected chi connectivity index (χ2v) is 8.92. The molecule has 3 aromatic rings. The van der Waals surface area contributed by atoms with Crippen molar-refractivity contribution >= 4 is 35.0 Å². The number of nitriles is 1. The summed E-state index contributed by atoms with van der Waals surface area (Å²) in [5.41, 5.74) is 3.60. The number of nitrogens with one attached hydrogen (secondary N) is 3. The Bertz CT molecular complexity index is 1340. The van der Waals surface area contributed by atoms with Crippen LogP contribution in [-0.2, 0) is 9.59 Å². The van der Waals surface area contributed by atoms with E-state index in [9.17, 15) is 14.9 Å². The molecule has 1 aliphatic rings. The van der Waals surface area contributed by atoms with Gasteiger partial charge in [-0.1, -0.05) is 48.2 Å². The van der Waals surface area contributed by atoms with Crippen molar-refractivity contribution in [1.82, 2.24) is 5.32 Å². The molecular formula is C27H24N4O3S. The molecule has 176 valence electrons. The molecule has 1 atom stereocenters. The maximum absolute atomic E-state index is 13.4. The molecule has 0 saturated carbocycles. The van der Waals surface area contributed by atoms with E-state index in [1.807, 2.05) is 49.4 Å². The lowest BCUT2D eigenvalue weighted by Crippen LogP contribution is -2.31. The number of allylic oxidation sites excluding steroid dienone is 2. The zero-order valence-corrected chi connectivity index (χ0v) is 20.1. The van der Waals surface area contributed by atoms with Crippen molar-refractivity contribution in [3.8, 4) is 6.07 Å². The Morgan fingerprint density at radius 3 is 2.46 bits per heavy atom. The summed E-state index contributed by atoms with van der Waals surface area (Å²) in [7, 11) is 0. The lowest BCUT2D eigenvalue weighted by atomic mass is 9.85. The number of benzene rings is 2. The molecule has 0 bridgehead atoms. The number of aryl methyl sites for hydroxylation is 1. The average Bonchev–Trinajstić information content (AvgIpc) is 3.39. The third-order valence-corrected chi connectivity index (χ3v) is 6.54. The van der Waals surface area contributed by atoms with E-state index in [0.717, 1.165) is 5.56 Å². The highest BCUT2D eigenvalue weighted by Crippen LogP contribution is 2.41. The summed E-state index contributed by atoms with van der Waals surface area (Å²) in [5.74, 6) is -0.675. The fourth-order valence-electron chi connectivity index (χ4n) is 3.83. The highest BCUT2D eigenvalue weighted by Gasteiger charge is 2.36. The van der Waals surface area contributed by atoms with Gasteiger partial charge in [0.25, 0.3) is 5.91 Å². The number of amides is 2. The van der Waals surface area contributed by atoms with Gasteiger partial charge < -0.3 is 20.4 Å². The first kappa shape index (κ1) is 23.9. The van der Waals surface area contributed by atoms with Gasteiger partial charge in [-0.2, -0.15) is 5.26 Å². The van der Waals surface area contributed by atoms with E-state index in [0.29, 0.717) is 39.0 Å². The first-order chi connectivity index (χ1) is 17.0. The highest BCUT2D eigenvalue weighted by molar-refractivity contribution is 8.03. The number of hydrogen-bond acceptors (Lipinski definition) is 6. The lowest BCUT2D eigenvalue weighted by molar-refractivity contribution is -0.114. The highest BCUT2D eigenvalue weighted by atomic mass is 32.2. The summed E-state index contributed by atoms with van der Waals surface area (Å²) in [5, 5.41) is 19.6. The summed E-state index contributed by atoms with van der Waals surface area (Å²) < 4.78 is 5.64. The van der Waals surface area contributed by atoms with Crippen LogP contribution in [0.25, 0.3) is 0 Å². The van der Waals surface area contributed by atoms with Crippen LogP contribution in [0.5, 0.6) is 0 Å². The summed E-state index contributed by atoms with van der Waals surface area (Å²) >= 11 is 1.21. The number of thioether (sulfide) groups is 1. The second kappa shape index (κ2) is 10.8. The molecule has 4 rings (SSSR count).